The van der Waals surface area contributed by atoms with E-state index in [2.05, 4.69) is 4.74 Å². The number of hydrogen-bond donors (Lipinski definition) is 0. The van der Waals surface area contributed by atoms with Crippen molar-refractivity contribution in [3.63, 3.8) is 0 Å². The highest BCUT2D eigenvalue weighted by atomic mass is 31.2. The van der Waals surface area contributed by atoms with Crippen molar-refractivity contribution in [1.29, 1.82) is 0 Å². The zero-order valence-electron chi connectivity index (χ0n) is 12.2. The van der Waals surface area contributed by atoms with Gasteiger partial charge in [0.2, 0.25) is 0 Å². The van der Waals surface area contributed by atoms with Crippen molar-refractivity contribution in [2.24, 2.45) is 0 Å². The van der Waals surface area contributed by atoms with Crippen LogP contribution in [-0.4, -0.2) is 19.7 Å². The van der Waals surface area contributed by atoms with Crippen molar-refractivity contribution >= 4 is 19.6 Å². The van der Waals surface area contributed by atoms with Gasteiger partial charge in [-0.05, 0) is 31.6 Å². The molecule has 0 N–H and O–H groups in total. The van der Waals surface area contributed by atoms with Gasteiger partial charge in [0.25, 0.3) is 0 Å². The van der Waals surface area contributed by atoms with Gasteiger partial charge in [-0.25, -0.2) is 9.36 Å². The van der Waals surface area contributed by atoms with Gasteiger partial charge in [0.1, 0.15) is 5.75 Å². The second-order valence-corrected chi connectivity index (χ2v) is 6.38. The molecule has 0 aromatic heterocycles. The van der Waals surface area contributed by atoms with E-state index in [1.165, 1.54) is 19.3 Å². The van der Waals surface area contributed by atoms with E-state index in [1.54, 1.807) is 13.0 Å². The summed E-state index contributed by atoms with van der Waals surface area (Å²) in [6.07, 6.45) is 4.32. The normalized spacial score (nSPS) is 20.6. The Morgan fingerprint density at radius 2 is 2.19 bits per heavy atom. The Balaban J connectivity index is 2.49. The van der Waals surface area contributed by atoms with Crippen LogP contribution in [0.5, 0.6) is 5.75 Å². The number of aryl methyl sites for hydroxylation is 1. The molecule has 1 aliphatic rings. The molecule has 1 atom stereocenters. The molecule has 6 heteroatoms. The average Bonchev–Trinajstić information content (AvgIpc) is 2.46. The first-order chi connectivity index (χ1) is 10.00. The van der Waals surface area contributed by atoms with E-state index in [0.29, 0.717) is 11.1 Å². The Morgan fingerprint density at radius 3 is 2.86 bits per heavy atom. The molecule has 0 amide bonds. The Morgan fingerprint density at radius 1 is 1.43 bits per heavy atom. The van der Waals surface area contributed by atoms with Gasteiger partial charge >= 0.3 is 13.6 Å². The number of carbonyl (C=O) groups excluding carboxylic acids is 1. The number of para-hydroxylation sites is 1. The van der Waals surface area contributed by atoms with E-state index in [-0.39, 0.29) is 6.61 Å². The number of methoxy groups -OCH3 is 1. The summed E-state index contributed by atoms with van der Waals surface area (Å²) >= 11 is 0. The maximum Gasteiger partial charge on any atom is 0.410 e. The lowest BCUT2D eigenvalue weighted by atomic mass is 10.1. The number of fused-ring (bicyclic) bond motifs is 1. The largest absolute Gasteiger partial charge is 0.466 e. The van der Waals surface area contributed by atoms with Crippen LogP contribution < -0.4 is 4.52 Å². The summed E-state index contributed by atoms with van der Waals surface area (Å²) in [5, 5.41) is 0.327. The summed E-state index contributed by atoms with van der Waals surface area (Å²) in [6.45, 7) is 3.85. The summed E-state index contributed by atoms with van der Waals surface area (Å²) < 4.78 is 28.4. The fourth-order valence-corrected chi connectivity index (χ4v) is 3.65. The number of esters is 1. The fourth-order valence-electron chi connectivity index (χ4n) is 1.96. The quantitative estimate of drug-likeness (QED) is 0.482. The van der Waals surface area contributed by atoms with Gasteiger partial charge in [-0.15, -0.1) is 0 Å². The lowest BCUT2D eigenvalue weighted by molar-refractivity contribution is -0.134. The zero-order valence-corrected chi connectivity index (χ0v) is 13.1. The third-order valence-corrected chi connectivity index (χ3v) is 4.90. The molecule has 2 rings (SSSR count). The Labute approximate surface area is 123 Å². The maximum absolute atomic E-state index is 12.9. The van der Waals surface area contributed by atoms with E-state index < -0.39 is 13.6 Å². The highest BCUT2D eigenvalue weighted by molar-refractivity contribution is 7.59. The fraction of sp³-hybridized carbons (Fsp3) is 0.267. The van der Waals surface area contributed by atoms with E-state index >= 15 is 0 Å². The van der Waals surface area contributed by atoms with Gasteiger partial charge < -0.3 is 9.26 Å². The lowest BCUT2D eigenvalue weighted by Gasteiger charge is -2.25. The first-order valence-corrected chi connectivity index (χ1v) is 8.06. The molecular formula is C15H17O5P. The van der Waals surface area contributed by atoms with Crippen LogP contribution in [0.3, 0.4) is 0 Å². The highest BCUT2D eigenvalue weighted by Gasteiger charge is 2.35. The SMILES string of the molecule is CCOP1(=O)Oc2c(C)cccc2C=C1/C=C/C(=O)OC. The van der Waals surface area contributed by atoms with Crippen LogP contribution in [0.25, 0.3) is 6.08 Å². The molecule has 0 bridgehead atoms. The van der Waals surface area contributed by atoms with Crippen LogP contribution in [0.4, 0.5) is 0 Å². The summed E-state index contributed by atoms with van der Waals surface area (Å²) in [4.78, 5) is 11.2. The summed E-state index contributed by atoms with van der Waals surface area (Å²) in [5.41, 5.74) is 1.67. The van der Waals surface area contributed by atoms with Crippen molar-refractivity contribution in [3.05, 3.63) is 46.8 Å². The zero-order chi connectivity index (χ0) is 15.5. The number of hydrogen-bond acceptors (Lipinski definition) is 5. The minimum atomic E-state index is -3.48. The average molecular weight is 308 g/mol. The third kappa shape index (κ3) is 3.26. The molecule has 5 nitrogen and oxygen atoms in total. The van der Waals surface area contributed by atoms with E-state index in [9.17, 15) is 9.36 Å². The molecule has 0 saturated heterocycles. The first-order valence-electron chi connectivity index (χ1n) is 6.52. The lowest BCUT2D eigenvalue weighted by Crippen LogP contribution is -2.06. The molecule has 1 heterocycles. The molecular weight excluding hydrogens is 291 g/mol. The van der Waals surface area contributed by atoms with Crippen LogP contribution in [0.15, 0.2) is 35.7 Å². The molecule has 1 aromatic rings. The van der Waals surface area contributed by atoms with Gasteiger partial charge in [0.05, 0.1) is 19.0 Å². The van der Waals surface area contributed by atoms with Crippen LogP contribution in [-0.2, 0) is 18.6 Å². The van der Waals surface area contributed by atoms with Crippen LogP contribution in [0.2, 0.25) is 0 Å². The topological polar surface area (TPSA) is 61.8 Å². The predicted molar refractivity (Wildman–Crippen MR) is 80.2 cm³/mol. The smallest absolute Gasteiger partial charge is 0.410 e. The van der Waals surface area contributed by atoms with E-state index in [0.717, 1.165) is 11.1 Å². The molecule has 0 saturated carbocycles. The van der Waals surface area contributed by atoms with Gasteiger partial charge in [-0.2, -0.15) is 0 Å². The van der Waals surface area contributed by atoms with E-state index in [1.807, 2.05) is 25.1 Å². The van der Waals surface area contributed by atoms with Crippen molar-refractivity contribution in [2.45, 2.75) is 13.8 Å². The second-order valence-electron chi connectivity index (χ2n) is 4.43. The minimum absolute atomic E-state index is 0.238. The number of carbonyl (C=O) groups is 1. The number of allylic oxidation sites excluding steroid dienone is 2. The minimum Gasteiger partial charge on any atom is -0.466 e. The van der Waals surface area contributed by atoms with Crippen molar-refractivity contribution in [1.82, 2.24) is 0 Å². The molecule has 1 aliphatic heterocycles. The molecule has 1 unspecified atom stereocenters. The van der Waals surface area contributed by atoms with Crippen LogP contribution >= 0.6 is 7.60 Å². The first kappa shape index (κ1) is 15.5. The Kier molecular flexibility index (Phi) is 4.66. The highest BCUT2D eigenvalue weighted by Crippen LogP contribution is 2.60. The van der Waals surface area contributed by atoms with Gasteiger partial charge in [0.15, 0.2) is 0 Å². The molecule has 0 fully saturated rings. The van der Waals surface area contributed by atoms with Crippen LogP contribution in [0, 0.1) is 6.92 Å². The number of rotatable bonds is 4. The third-order valence-electron chi connectivity index (χ3n) is 2.96. The van der Waals surface area contributed by atoms with Crippen molar-refractivity contribution in [2.75, 3.05) is 13.7 Å². The molecule has 112 valence electrons. The van der Waals surface area contributed by atoms with Crippen molar-refractivity contribution in [3.8, 4) is 5.75 Å². The Bertz CT molecular complexity index is 660. The Hall–Kier alpha value is -1.84. The maximum atomic E-state index is 12.9. The van der Waals surface area contributed by atoms with Crippen molar-refractivity contribution < 1.29 is 23.1 Å². The predicted octanol–water partition coefficient (Wildman–Crippen LogP) is 3.69. The molecule has 0 aliphatic carbocycles. The number of benzene rings is 1. The molecule has 0 spiro atoms. The van der Waals surface area contributed by atoms with E-state index in [4.69, 9.17) is 9.05 Å². The standard InChI is InChI=1S/C15H17O5P/c1-4-19-21(17)13(8-9-14(16)18-3)10-12-7-5-6-11(2)15(12)20-21/h5-10H,4H2,1-3H3/b9-8+. The molecule has 0 radical (unpaired) electrons. The van der Waals surface area contributed by atoms with Gasteiger partial charge in [-0.1, -0.05) is 18.2 Å². The second kappa shape index (κ2) is 6.29. The summed E-state index contributed by atoms with van der Waals surface area (Å²) in [7, 11) is -2.21. The van der Waals surface area contributed by atoms with Crippen LogP contribution in [0.1, 0.15) is 18.1 Å². The molecule has 1 aromatic carbocycles. The summed E-state index contributed by atoms with van der Waals surface area (Å²) in [5.74, 6) is 0.0125. The van der Waals surface area contributed by atoms with Gasteiger partial charge in [0, 0.05) is 11.6 Å². The monoisotopic (exact) mass is 308 g/mol. The summed E-state index contributed by atoms with van der Waals surface area (Å²) in [6, 6.07) is 5.61. The van der Waals surface area contributed by atoms with Gasteiger partial charge in [-0.3, -0.25) is 4.52 Å². The molecule has 21 heavy (non-hydrogen) atoms. The number of ether oxygens (including phenoxy) is 1.